The van der Waals surface area contributed by atoms with Crippen LogP contribution in [0, 0.1) is 11.7 Å². The van der Waals surface area contributed by atoms with E-state index in [0.29, 0.717) is 6.61 Å². The number of nitrogens with zero attached hydrogens (tertiary/aromatic N) is 1. The molecule has 1 amide bonds. The third kappa shape index (κ3) is 5.05. The average Bonchev–Trinajstić information content (AvgIpc) is 2.66. The molecule has 1 aliphatic heterocycles. The van der Waals surface area contributed by atoms with E-state index in [-0.39, 0.29) is 17.6 Å². The SMILES string of the molecule is CCOc1ccc(NC(=O)C2CCCN(Cc3ccc(F)cc3)C2)cc1. The van der Waals surface area contributed by atoms with E-state index in [9.17, 15) is 9.18 Å². The minimum atomic E-state index is -0.222. The maximum Gasteiger partial charge on any atom is 0.228 e. The molecule has 0 bridgehead atoms. The summed E-state index contributed by atoms with van der Waals surface area (Å²) in [5, 5.41) is 3.00. The molecule has 138 valence electrons. The summed E-state index contributed by atoms with van der Waals surface area (Å²) in [6.45, 7) is 4.99. The standard InChI is InChI=1S/C21H25FN2O2/c1-2-26-20-11-9-19(10-12-20)23-21(25)17-4-3-13-24(15-17)14-16-5-7-18(22)8-6-16/h5-12,17H,2-4,13-15H2,1H3,(H,23,25). The van der Waals surface area contributed by atoms with Gasteiger partial charge in [-0.3, -0.25) is 9.69 Å². The van der Waals surface area contributed by atoms with Gasteiger partial charge in [0.05, 0.1) is 12.5 Å². The smallest absolute Gasteiger partial charge is 0.228 e. The van der Waals surface area contributed by atoms with E-state index in [1.165, 1.54) is 12.1 Å². The number of piperidine rings is 1. The molecule has 5 heteroatoms. The molecule has 4 nitrogen and oxygen atoms in total. The van der Waals surface area contributed by atoms with E-state index in [1.807, 2.05) is 31.2 Å². The lowest BCUT2D eigenvalue weighted by Crippen LogP contribution is -2.40. The molecule has 3 rings (SSSR count). The number of benzene rings is 2. The maximum absolute atomic E-state index is 13.0. The van der Waals surface area contributed by atoms with Crippen molar-refractivity contribution in [2.24, 2.45) is 5.92 Å². The third-order valence-electron chi connectivity index (χ3n) is 4.63. The molecule has 0 saturated carbocycles. The molecule has 26 heavy (non-hydrogen) atoms. The first-order chi connectivity index (χ1) is 12.6. The topological polar surface area (TPSA) is 41.6 Å². The van der Waals surface area contributed by atoms with E-state index in [4.69, 9.17) is 4.74 Å². The van der Waals surface area contributed by atoms with Crippen LogP contribution in [0.15, 0.2) is 48.5 Å². The van der Waals surface area contributed by atoms with Gasteiger partial charge in [0, 0.05) is 18.8 Å². The highest BCUT2D eigenvalue weighted by atomic mass is 19.1. The van der Waals surface area contributed by atoms with Crippen molar-refractivity contribution in [3.63, 3.8) is 0 Å². The van der Waals surface area contributed by atoms with Crippen molar-refractivity contribution < 1.29 is 13.9 Å². The van der Waals surface area contributed by atoms with Crippen LogP contribution >= 0.6 is 0 Å². The number of hydrogen-bond donors (Lipinski definition) is 1. The van der Waals surface area contributed by atoms with Gasteiger partial charge >= 0.3 is 0 Å². The number of likely N-dealkylation sites (tertiary alicyclic amines) is 1. The van der Waals surface area contributed by atoms with Crippen LogP contribution in [0.2, 0.25) is 0 Å². The van der Waals surface area contributed by atoms with Crippen LogP contribution in [0.25, 0.3) is 0 Å². The minimum Gasteiger partial charge on any atom is -0.494 e. The van der Waals surface area contributed by atoms with E-state index >= 15 is 0 Å². The third-order valence-corrected chi connectivity index (χ3v) is 4.63. The summed E-state index contributed by atoms with van der Waals surface area (Å²) in [7, 11) is 0. The van der Waals surface area contributed by atoms with Crippen LogP contribution in [0.1, 0.15) is 25.3 Å². The molecule has 1 fully saturated rings. The second kappa shape index (κ2) is 8.81. The minimum absolute atomic E-state index is 0.0317. The Bertz CT molecular complexity index is 716. The molecule has 1 aliphatic rings. The Morgan fingerprint density at radius 2 is 1.92 bits per heavy atom. The van der Waals surface area contributed by atoms with Gasteiger partial charge in [-0.1, -0.05) is 12.1 Å². The molecule has 0 aromatic heterocycles. The molecule has 2 aromatic carbocycles. The lowest BCUT2D eigenvalue weighted by atomic mass is 9.96. The van der Waals surface area contributed by atoms with Crippen LogP contribution < -0.4 is 10.1 Å². The zero-order valence-corrected chi connectivity index (χ0v) is 15.1. The van der Waals surface area contributed by atoms with E-state index in [0.717, 1.165) is 49.5 Å². The Morgan fingerprint density at radius 3 is 2.62 bits per heavy atom. The van der Waals surface area contributed by atoms with Gasteiger partial charge in [0.2, 0.25) is 5.91 Å². The number of amides is 1. The summed E-state index contributed by atoms with van der Waals surface area (Å²) < 4.78 is 18.5. The lowest BCUT2D eigenvalue weighted by molar-refractivity contribution is -0.121. The van der Waals surface area contributed by atoms with Crippen LogP contribution in [0.5, 0.6) is 5.75 Å². The number of anilines is 1. The first kappa shape index (κ1) is 18.4. The molecule has 0 aliphatic carbocycles. The first-order valence-electron chi connectivity index (χ1n) is 9.14. The van der Waals surface area contributed by atoms with Crippen molar-refractivity contribution in [1.29, 1.82) is 0 Å². The Hall–Kier alpha value is -2.40. The Balaban J connectivity index is 1.54. The van der Waals surface area contributed by atoms with Gasteiger partial charge in [-0.05, 0) is 68.3 Å². The average molecular weight is 356 g/mol. The van der Waals surface area contributed by atoms with Gasteiger partial charge in [-0.2, -0.15) is 0 Å². The fourth-order valence-electron chi connectivity index (χ4n) is 3.31. The van der Waals surface area contributed by atoms with Crippen LogP contribution in [0.3, 0.4) is 0 Å². The van der Waals surface area contributed by atoms with Crippen molar-refractivity contribution in [2.75, 3.05) is 25.0 Å². The number of hydrogen-bond acceptors (Lipinski definition) is 3. The highest BCUT2D eigenvalue weighted by Gasteiger charge is 2.25. The number of nitrogens with one attached hydrogen (secondary N) is 1. The fourth-order valence-corrected chi connectivity index (χ4v) is 3.31. The molecular formula is C21H25FN2O2. The zero-order chi connectivity index (χ0) is 18.4. The molecular weight excluding hydrogens is 331 g/mol. The largest absolute Gasteiger partial charge is 0.494 e. The highest BCUT2D eigenvalue weighted by molar-refractivity contribution is 5.92. The normalized spacial score (nSPS) is 17.7. The molecule has 1 N–H and O–H groups in total. The number of ether oxygens (including phenoxy) is 1. The van der Waals surface area contributed by atoms with Gasteiger partial charge in [-0.25, -0.2) is 4.39 Å². The van der Waals surface area contributed by atoms with Crippen molar-refractivity contribution in [1.82, 2.24) is 4.90 Å². The predicted octanol–water partition coefficient (Wildman–Crippen LogP) is 4.08. The van der Waals surface area contributed by atoms with Crippen molar-refractivity contribution in [2.45, 2.75) is 26.3 Å². The van der Waals surface area contributed by atoms with Crippen molar-refractivity contribution in [3.8, 4) is 5.75 Å². The highest BCUT2D eigenvalue weighted by Crippen LogP contribution is 2.22. The van der Waals surface area contributed by atoms with Gasteiger partial charge in [0.1, 0.15) is 11.6 Å². The van der Waals surface area contributed by atoms with Gasteiger partial charge in [0.25, 0.3) is 0 Å². The molecule has 0 radical (unpaired) electrons. The van der Waals surface area contributed by atoms with Gasteiger partial charge < -0.3 is 10.1 Å². The number of carbonyl (C=O) groups is 1. The summed E-state index contributed by atoms with van der Waals surface area (Å²) in [5.74, 6) is 0.599. The van der Waals surface area contributed by atoms with Crippen molar-refractivity contribution in [3.05, 3.63) is 59.9 Å². The Labute approximate surface area is 154 Å². The summed E-state index contributed by atoms with van der Waals surface area (Å²) in [4.78, 5) is 14.9. The van der Waals surface area contributed by atoms with Crippen LogP contribution in [-0.2, 0) is 11.3 Å². The summed E-state index contributed by atoms with van der Waals surface area (Å²) in [6, 6.07) is 14.0. The number of carbonyl (C=O) groups excluding carboxylic acids is 1. The monoisotopic (exact) mass is 356 g/mol. The van der Waals surface area contributed by atoms with Crippen LogP contribution in [-0.4, -0.2) is 30.5 Å². The van der Waals surface area contributed by atoms with E-state index in [1.54, 1.807) is 12.1 Å². The quantitative estimate of drug-likeness (QED) is 0.848. The Kier molecular flexibility index (Phi) is 6.23. The summed E-state index contributed by atoms with van der Waals surface area (Å²) in [6.07, 6.45) is 1.88. The lowest BCUT2D eigenvalue weighted by Gasteiger charge is -2.32. The summed E-state index contributed by atoms with van der Waals surface area (Å²) in [5.41, 5.74) is 1.85. The second-order valence-corrected chi connectivity index (χ2v) is 6.65. The fraction of sp³-hybridized carbons (Fsp3) is 0.381. The van der Waals surface area contributed by atoms with Gasteiger partial charge in [0.15, 0.2) is 0 Å². The first-order valence-corrected chi connectivity index (χ1v) is 9.14. The van der Waals surface area contributed by atoms with Crippen molar-refractivity contribution >= 4 is 11.6 Å². The molecule has 1 atom stereocenters. The Morgan fingerprint density at radius 1 is 1.19 bits per heavy atom. The number of halogens is 1. The summed E-state index contributed by atoms with van der Waals surface area (Å²) >= 11 is 0. The number of rotatable bonds is 6. The molecule has 2 aromatic rings. The second-order valence-electron chi connectivity index (χ2n) is 6.65. The van der Waals surface area contributed by atoms with Gasteiger partial charge in [-0.15, -0.1) is 0 Å². The molecule has 1 saturated heterocycles. The maximum atomic E-state index is 13.0. The van der Waals surface area contributed by atoms with Crippen LogP contribution in [0.4, 0.5) is 10.1 Å². The van der Waals surface area contributed by atoms with E-state index in [2.05, 4.69) is 10.2 Å². The predicted molar refractivity (Wildman–Crippen MR) is 101 cm³/mol. The van der Waals surface area contributed by atoms with E-state index < -0.39 is 0 Å². The zero-order valence-electron chi connectivity index (χ0n) is 15.1. The molecule has 1 unspecified atom stereocenters. The molecule has 1 heterocycles. The molecule has 0 spiro atoms.